The molecule has 1 unspecified atom stereocenters. The number of nitrogens with one attached hydrogen (secondary N) is 1. The van der Waals surface area contributed by atoms with Crippen LogP contribution in [0.1, 0.15) is 38.7 Å². The molecule has 1 amide bonds. The van der Waals surface area contributed by atoms with Gasteiger partial charge >= 0.3 is 0 Å². The highest BCUT2D eigenvalue weighted by Gasteiger charge is 2.26. The molecule has 25 heavy (non-hydrogen) atoms. The summed E-state index contributed by atoms with van der Waals surface area (Å²) in [6, 6.07) is 5.23. The number of halogens is 1. The van der Waals surface area contributed by atoms with Gasteiger partial charge in [-0.1, -0.05) is 19.9 Å². The Hall–Kier alpha value is -1.30. The van der Waals surface area contributed by atoms with Gasteiger partial charge in [0.2, 0.25) is 5.91 Å². The molecule has 5 nitrogen and oxygen atoms in total. The van der Waals surface area contributed by atoms with Crippen LogP contribution in [0.15, 0.2) is 18.2 Å². The molecule has 1 aromatic rings. The molecule has 1 fully saturated rings. The maximum Gasteiger partial charge on any atom is 0.241 e. The average Bonchev–Trinajstić information content (AvgIpc) is 2.57. The fourth-order valence-corrected chi connectivity index (χ4v) is 2.75. The van der Waals surface area contributed by atoms with Crippen molar-refractivity contribution in [2.45, 2.75) is 46.1 Å². The Labute approximate surface area is 157 Å². The van der Waals surface area contributed by atoms with Crippen LogP contribution < -0.4 is 15.8 Å². The number of amides is 1. The Balaban J connectivity index is 0.00000312. The first-order valence-corrected chi connectivity index (χ1v) is 8.85. The van der Waals surface area contributed by atoms with E-state index < -0.39 is 6.04 Å². The van der Waals surface area contributed by atoms with E-state index in [0.717, 1.165) is 36.3 Å². The number of carbonyl (C=O) groups is 1. The predicted molar refractivity (Wildman–Crippen MR) is 104 cm³/mol. The highest BCUT2D eigenvalue weighted by molar-refractivity contribution is 5.95. The molecule has 142 valence electrons. The van der Waals surface area contributed by atoms with Crippen molar-refractivity contribution in [3.8, 4) is 5.75 Å². The summed E-state index contributed by atoms with van der Waals surface area (Å²) in [4.78, 5) is 12.4. The first-order chi connectivity index (χ1) is 11.5. The van der Waals surface area contributed by atoms with Gasteiger partial charge in [0.1, 0.15) is 5.75 Å². The molecule has 1 heterocycles. The van der Waals surface area contributed by atoms with Gasteiger partial charge in [-0.3, -0.25) is 4.79 Å². The number of benzene rings is 1. The number of anilines is 1. The Morgan fingerprint density at radius 1 is 1.36 bits per heavy atom. The zero-order valence-electron chi connectivity index (χ0n) is 15.4. The zero-order valence-corrected chi connectivity index (χ0v) is 16.2. The average molecular weight is 371 g/mol. The van der Waals surface area contributed by atoms with E-state index in [9.17, 15) is 4.79 Å². The lowest BCUT2D eigenvalue weighted by Crippen LogP contribution is -2.44. The summed E-state index contributed by atoms with van der Waals surface area (Å²) in [6.45, 7) is 8.39. The minimum Gasteiger partial charge on any atom is -0.493 e. The quantitative estimate of drug-likeness (QED) is 0.769. The summed E-state index contributed by atoms with van der Waals surface area (Å²) in [6.07, 6.45) is 2.68. The van der Waals surface area contributed by atoms with E-state index in [1.807, 2.05) is 25.1 Å². The Kier molecular flexibility index (Phi) is 9.25. The van der Waals surface area contributed by atoms with Gasteiger partial charge in [0.05, 0.1) is 12.6 Å². The van der Waals surface area contributed by atoms with Gasteiger partial charge in [0, 0.05) is 25.0 Å². The second kappa shape index (κ2) is 10.6. The van der Waals surface area contributed by atoms with Crippen LogP contribution in [0.25, 0.3) is 0 Å². The molecule has 1 aromatic carbocycles. The third kappa shape index (κ3) is 6.84. The lowest BCUT2D eigenvalue weighted by molar-refractivity contribution is -0.119. The predicted octanol–water partition coefficient (Wildman–Crippen LogP) is 3.53. The van der Waals surface area contributed by atoms with Gasteiger partial charge in [-0.05, 0) is 49.7 Å². The minimum atomic E-state index is -0.500. The number of hydrogen-bond donors (Lipinski definition) is 2. The molecule has 6 heteroatoms. The molecule has 0 spiro atoms. The summed E-state index contributed by atoms with van der Waals surface area (Å²) in [5, 5.41) is 2.92. The van der Waals surface area contributed by atoms with Crippen LogP contribution in [0.4, 0.5) is 5.69 Å². The highest BCUT2D eigenvalue weighted by atomic mass is 35.5. The second-order valence-corrected chi connectivity index (χ2v) is 6.98. The van der Waals surface area contributed by atoms with Crippen LogP contribution in [0, 0.1) is 18.8 Å². The van der Waals surface area contributed by atoms with E-state index in [1.165, 1.54) is 0 Å². The van der Waals surface area contributed by atoms with E-state index >= 15 is 0 Å². The summed E-state index contributed by atoms with van der Waals surface area (Å²) in [7, 11) is 0. The SMILES string of the molecule is Cc1ccc(NC(=O)C(N)C2CCOCC2)cc1OCCC(C)C.Cl. The summed E-state index contributed by atoms with van der Waals surface area (Å²) in [5.41, 5.74) is 7.91. The molecule has 1 saturated heterocycles. The first-order valence-electron chi connectivity index (χ1n) is 8.85. The topological polar surface area (TPSA) is 73.6 Å². The van der Waals surface area contributed by atoms with Gasteiger partial charge in [-0.15, -0.1) is 12.4 Å². The molecule has 0 radical (unpaired) electrons. The van der Waals surface area contributed by atoms with Gasteiger partial charge < -0.3 is 20.5 Å². The molecular formula is C19H31ClN2O3. The van der Waals surface area contributed by atoms with Crippen molar-refractivity contribution in [2.75, 3.05) is 25.1 Å². The van der Waals surface area contributed by atoms with Gasteiger partial charge in [-0.2, -0.15) is 0 Å². The lowest BCUT2D eigenvalue weighted by Gasteiger charge is -2.26. The number of hydrogen-bond acceptors (Lipinski definition) is 4. The summed E-state index contributed by atoms with van der Waals surface area (Å²) >= 11 is 0. The van der Waals surface area contributed by atoms with Gasteiger partial charge in [0.15, 0.2) is 0 Å². The smallest absolute Gasteiger partial charge is 0.241 e. The largest absolute Gasteiger partial charge is 0.493 e. The maximum atomic E-state index is 12.4. The third-order valence-corrected chi connectivity index (χ3v) is 4.49. The van der Waals surface area contributed by atoms with E-state index in [2.05, 4.69) is 19.2 Å². The fourth-order valence-electron chi connectivity index (χ4n) is 2.75. The standard InChI is InChI=1S/C19H30N2O3.ClH/c1-13(2)6-11-24-17-12-16(5-4-14(17)3)21-19(22)18(20)15-7-9-23-10-8-15;/h4-5,12-13,15,18H,6-11,20H2,1-3H3,(H,21,22);1H. The normalized spacial score (nSPS) is 16.2. The van der Waals surface area contributed by atoms with Crippen molar-refractivity contribution in [2.24, 2.45) is 17.6 Å². The van der Waals surface area contributed by atoms with E-state index in [4.69, 9.17) is 15.2 Å². The Bertz CT molecular complexity index is 545. The van der Waals surface area contributed by atoms with Crippen LogP contribution in [0.3, 0.4) is 0 Å². The molecule has 0 saturated carbocycles. The molecule has 0 aromatic heterocycles. The van der Waals surface area contributed by atoms with E-state index in [1.54, 1.807) is 0 Å². The molecule has 1 aliphatic heterocycles. The number of ether oxygens (including phenoxy) is 2. The highest BCUT2D eigenvalue weighted by Crippen LogP contribution is 2.24. The lowest BCUT2D eigenvalue weighted by atomic mass is 9.92. The van der Waals surface area contributed by atoms with Crippen molar-refractivity contribution in [1.82, 2.24) is 0 Å². The molecule has 1 atom stereocenters. The molecule has 0 bridgehead atoms. The molecule has 1 aliphatic rings. The first kappa shape index (κ1) is 21.7. The second-order valence-electron chi connectivity index (χ2n) is 6.98. The van der Waals surface area contributed by atoms with E-state index in [-0.39, 0.29) is 24.2 Å². The number of carbonyl (C=O) groups excluding carboxylic acids is 1. The minimum absolute atomic E-state index is 0. The van der Waals surface area contributed by atoms with Crippen LogP contribution in [-0.2, 0) is 9.53 Å². The van der Waals surface area contributed by atoms with Crippen LogP contribution >= 0.6 is 12.4 Å². The van der Waals surface area contributed by atoms with Crippen molar-refractivity contribution < 1.29 is 14.3 Å². The number of rotatable bonds is 7. The fraction of sp³-hybridized carbons (Fsp3) is 0.632. The third-order valence-electron chi connectivity index (χ3n) is 4.49. The zero-order chi connectivity index (χ0) is 17.5. The summed E-state index contributed by atoms with van der Waals surface area (Å²) in [5.74, 6) is 1.46. The Morgan fingerprint density at radius 2 is 2.04 bits per heavy atom. The number of nitrogens with two attached hydrogens (primary N) is 1. The van der Waals surface area contributed by atoms with Crippen LogP contribution in [0.5, 0.6) is 5.75 Å². The summed E-state index contributed by atoms with van der Waals surface area (Å²) < 4.78 is 11.2. The Morgan fingerprint density at radius 3 is 2.68 bits per heavy atom. The van der Waals surface area contributed by atoms with Crippen LogP contribution in [-0.4, -0.2) is 31.8 Å². The number of aryl methyl sites for hydroxylation is 1. The monoisotopic (exact) mass is 370 g/mol. The molecule has 0 aliphatic carbocycles. The van der Waals surface area contributed by atoms with Crippen molar-refractivity contribution in [3.05, 3.63) is 23.8 Å². The van der Waals surface area contributed by atoms with Crippen molar-refractivity contribution in [1.29, 1.82) is 0 Å². The van der Waals surface area contributed by atoms with Crippen molar-refractivity contribution in [3.63, 3.8) is 0 Å². The van der Waals surface area contributed by atoms with Gasteiger partial charge in [-0.25, -0.2) is 0 Å². The molecular weight excluding hydrogens is 340 g/mol. The van der Waals surface area contributed by atoms with Crippen molar-refractivity contribution >= 4 is 24.0 Å². The van der Waals surface area contributed by atoms with Crippen LogP contribution in [0.2, 0.25) is 0 Å². The van der Waals surface area contributed by atoms with Gasteiger partial charge in [0.25, 0.3) is 0 Å². The molecule has 2 rings (SSSR count). The molecule has 3 N–H and O–H groups in total. The maximum absolute atomic E-state index is 12.4. The van der Waals surface area contributed by atoms with E-state index in [0.29, 0.717) is 25.7 Å².